The van der Waals surface area contributed by atoms with E-state index < -0.39 is 0 Å². The standard InChI is InChI=1S/C12H21NO/c1-3-5-6-12(13-8-4-2)11-7-9-14-10-11/h7,9-10,12-13H,3-6,8H2,1-2H3. The average Bonchev–Trinajstić information content (AvgIpc) is 2.71. The smallest absolute Gasteiger partial charge is 0.0950 e. The molecule has 1 unspecified atom stereocenters. The van der Waals surface area contributed by atoms with Gasteiger partial charge in [-0.2, -0.15) is 0 Å². The van der Waals surface area contributed by atoms with E-state index in [1.807, 2.05) is 6.26 Å². The van der Waals surface area contributed by atoms with Crippen molar-refractivity contribution in [2.75, 3.05) is 6.54 Å². The normalized spacial score (nSPS) is 13.0. The Balaban J connectivity index is 2.44. The summed E-state index contributed by atoms with van der Waals surface area (Å²) in [5.74, 6) is 0. The molecule has 0 aliphatic carbocycles. The third-order valence-electron chi connectivity index (χ3n) is 2.43. The lowest BCUT2D eigenvalue weighted by atomic mass is 10.0. The largest absolute Gasteiger partial charge is 0.472 e. The van der Waals surface area contributed by atoms with Crippen molar-refractivity contribution >= 4 is 0 Å². The number of hydrogen-bond donors (Lipinski definition) is 1. The molecule has 0 bridgehead atoms. The molecule has 1 atom stereocenters. The molecule has 1 aromatic heterocycles. The van der Waals surface area contributed by atoms with Crippen LogP contribution < -0.4 is 5.32 Å². The van der Waals surface area contributed by atoms with Crippen LogP contribution in [0, 0.1) is 0 Å². The predicted molar refractivity (Wildman–Crippen MR) is 59.3 cm³/mol. The van der Waals surface area contributed by atoms with Gasteiger partial charge in [-0.05, 0) is 25.5 Å². The number of rotatable bonds is 7. The predicted octanol–water partition coefficient (Wildman–Crippen LogP) is 3.51. The third kappa shape index (κ3) is 3.54. The summed E-state index contributed by atoms with van der Waals surface area (Å²) in [6.07, 6.45) is 8.51. The topological polar surface area (TPSA) is 25.2 Å². The number of nitrogens with one attached hydrogen (secondary N) is 1. The Kier molecular flexibility index (Phi) is 5.38. The van der Waals surface area contributed by atoms with Gasteiger partial charge in [0.05, 0.1) is 12.5 Å². The van der Waals surface area contributed by atoms with Crippen LogP contribution in [0.3, 0.4) is 0 Å². The number of hydrogen-bond acceptors (Lipinski definition) is 2. The first-order valence-electron chi connectivity index (χ1n) is 5.64. The fourth-order valence-corrected chi connectivity index (χ4v) is 1.59. The fraction of sp³-hybridized carbons (Fsp3) is 0.667. The fourth-order valence-electron chi connectivity index (χ4n) is 1.59. The van der Waals surface area contributed by atoms with Crippen molar-refractivity contribution in [3.05, 3.63) is 24.2 Å². The number of unbranched alkanes of at least 4 members (excludes halogenated alkanes) is 1. The van der Waals surface area contributed by atoms with E-state index in [9.17, 15) is 0 Å². The van der Waals surface area contributed by atoms with Gasteiger partial charge in [0.2, 0.25) is 0 Å². The summed E-state index contributed by atoms with van der Waals surface area (Å²) in [6.45, 7) is 5.51. The van der Waals surface area contributed by atoms with E-state index in [1.54, 1.807) is 6.26 Å². The van der Waals surface area contributed by atoms with Crippen molar-refractivity contribution in [3.8, 4) is 0 Å². The zero-order chi connectivity index (χ0) is 10.2. The van der Waals surface area contributed by atoms with Crippen LogP contribution in [-0.4, -0.2) is 6.54 Å². The summed E-state index contributed by atoms with van der Waals surface area (Å²) in [5.41, 5.74) is 1.28. The second kappa shape index (κ2) is 6.66. The highest BCUT2D eigenvalue weighted by atomic mass is 16.3. The average molecular weight is 195 g/mol. The number of furan rings is 1. The molecule has 0 saturated carbocycles. The molecule has 14 heavy (non-hydrogen) atoms. The van der Waals surface area contributed by atoms with E-state index in [1.165, 1.54) is 31.2 Å². The van der Waals surface area contributed by atoms with Crippen LogP contribution in [0.2, 0.25) is 0 Å². The van der Waals surface area contributed by atoms with Crippen molar-refractivity contribution < 1.29 is 4.42 Å². The molecule has 1 aromatic rings. The molecule has 0 radical (unpaired) electrons. The van der Waals surface area contributed by atoms with Gasteiger partial charge >= 0.3 is 0 Å². The SMILES string of the molecule is CCCCC(NCCC)c1ccoc1. The molecule has 0 fully saturated rings. The minimum atomic E-state index is 0.480. The van der Waals surface area contributed by atoms with Gasteiger partial charge < -0.3 is 9.73 Å². The Bertz CT molecular complexity index is 210. The van der Waals surface area contributed by atoms with Crippen molar-refractivity contribution in [1.82, 2.24) is 5.32 Å². The highest BCUT2D eigenvalue weighted by Crippen LogP contribution is 2.19. The molecule has 0 aliphatic heterocycles. The minimum Gasteiger partial charge on any atom is -0.472 e. The zero-order valence-corrected chi connectivity index (χ0v) is 9.25. The molecule has 0 spiro atoms. The van der Waals surface area contributed by atoms with Gasteiger partial charge in [0.25, 0.3) is 0 Å². The minimum absolute atomic E-state index is 0.480. The second-order valence-corrected chi connectivity index (χ2v) is 3.71. The molecule has 1 N–H and O–H groups in total. The lowest BCUT2D eigenvalue weighted by molar-refractivity contribution is 0.473. The van der Waals surface area contributed by atoms with Crippen molar-refractivity contribution in [1.29, 1.82) is 0 Å². The van der Waals surface area contributed by atoms with Crippen LogP contribution in [0.25, 0.3) is 0 Å². The second-order valence-electron chi connectivity index (χ2n) is 3.71. The van der Waals surface area contributed by atoms with Gasteiger partial charge in [0, 0.05) is 11.6 Å². The summed E-state index contributed by atoms with van der Waals surface area (Å²) >= 11 is 0. The van der Waals surface area contributed by atoms with Crippen LogP contribution in [0.4, 0.5) is 0 Å². The Labute approximate surface area is 86.7 Å². The van der Waals surface area contributed by atoms with E-state index in [0.717, 1.165) is 6.54 Å². The van der Waals surface area contributed by atoms with Gasteiger partial charge in [-0.15, -0.1) is 0 Å². The van der Waals surface area contributed by atoms with Crippen LogP contribution in [0.1, 0.15) is 51.1 Å². The maximum absolute atomic E-state index is 5.12. The van der Waals surface area contributed by atoms with Crippen molar-refractivity contribution in [2.24, 2.45) is 0 Å². The highest BCUT2D eigenvalue weighted by Gasteiger charge is 2.10. The van der Waals surface area contributed by atoms with E-state index in [0.29, 0.717) is 6.04 Å². The summed E-state index contributed by atoms with van der Waals surface area (Å²) in [6, 6.07) is 2.54. The quantitative estimate of drug-likeness (QED) is 0.720. The van der Waals surface area contributed by atoms with Gasteiger partial charge in [-0.25, -0.2) is 0 Å². The molecule has 2 nitrogen and oxygen atoms in total. The Morgan fingerprint density at radius 2 is 2.21 bits per heavy atom. The van der Waals surface area contributed by atoms with Crippen LogP contribution in [-0.2, 0) is 0 Å². The summed E-state index contributed by atoms with van der Waals surface area (Å²) < 4.78 is 5.12. The van der Waals surface area contributed by atoms with Crippen LogP contribution in [0.5, 0.6) is 0 Å². The molecule has 80 valence electrons. The van der Waals surface area contributed by atoms with Crippen molar-refractivity contribution in [3.63, 3.8) is 0 Å². The molecule has 2 heteroatoms. The van der Waals surface area contributed by atoms with Gasteiger partial charge in [-0.3, -0.25) is 0 Å². The van der Waals surface area contributed by atoms with E-state index in [-0.39, 0.29) is 0 Å². The Morgan fingerprint density at radius 3 is 2.79 bits per heavy atom. The Hall–Kier alpha value is -0.760. The maximum atomic E-state index is 5.12. The van der Waals surface area contributed by atoms with Gasteiger partial charge in [-0.1, -0.05) is 26.7 Å². The van der Waals surface area contributed by atoms with Gasteiger partial charge in [0.1, 0.15) is 0 Å². The lowest BCUT2D eigenvalue weighted by Gasteiger charge is -2.16. The lowest BCUT2D eigenvalue weighted by Crippen LogP contribution is -2.21. The molecule has 0 amide bonds. The zero-order valence-electron chi connectivity index (χ0n) is 9.25. The van der Waals surface area contributed by atoms with E-state index in [4.69, 9.17) is 4.42 Å². The molecular weight excluding hydrogens is 174 g/mol. The van der Waals surface area contributed by atoms with E-state index >= 15 is 0 Å². The first kappa shape index (κ1) is 11.3. The summed E-state index contributed by atoms with van der Waals surface area (Å²) in [4.78, 5) is 0. The molecule has 1 heterocycles. The van der Waals surface area contributed by atoms with Gasteiger partial charge in [0.15, 0.2) is 0 Å². The molecule has 0 aliphatic rings. The molecular formula is C12H21NO. The van der Waals surface area contributed by atoms with Crippen LogP contribution >= 0.6 is 0 Å². The first-order chi connectivity index (χ1) is 6.88. The summed E-state index contributed by atoms with van der Waals surface area (Å²) in [7, 11) is 0. The molecule has 0 saturated heterocycles. The first-order valence-corrected chi connectivity index (χ1v) is 5.64. The third-order valence-corrected chi connectivity index (χ3v) is 2.43. The molecule has 1 rings (SSSR count). The van der Waals surface area contributed by atoms with Crippen molar-refractivity contribution in [2.45, 2.75) is 45.6 Å². The maximum Gasteiger partial charge on any atom is 0.0950 e. The monoisotopic (exact) mass is 195 g/mol. The Morgan fingerprint density at radius 1 is 1.36 bits per heavy atom. The van der Waals surface area contributed by atoms with Crippen LogP contribution in [0.15, 0.2) is 23.0 Å². The van der Waals surface area contributed by atoms with E-state index in [2.05, 4.69) is 25.2 Å². The highest BCUT2D eigenvalue weighted by molar-refractivity contribution is 5.11. The molecule has 0 aromatic carbocycles. The summed E-state index contributed by atoms with van der Waals surface area (Å²) in [5, 5.41) is 3.55.